The number of likely N-dealkylation sites (N-methyl/N-ethyl adjacent to an activating group) is 1. The molecule has 19 heavy (non-hydrogen) atoms. The fourth-order valence-corrected chi connectivity index (χ4v) is 2.14. The molecular weight excluding hydrogens is 242 g/mol. The summed E-state index contributed by atoms with van der Waals surface area (Å²) in [4.78, 5) is 15.9. The molecule has 0 saturated carbocycles. The zero-order valence-corrected chi connectivity index (χ0v) is 11.8. The predicted octanol–water partition coefficient (Wildman–Crippen LogP) is 2.39. The SMILES string of the molecule is CCN(CC)C(=O)Nc1ccc2c(c1)N(C)CCO2. The van der Waals surface area contributed by atoms with Gasteiger partial charge in [0, 0.05) is 25.8 Å². The summed E-state index contributed by atoms with van der Waals surface area (Å²) in [5.41, 5.74) is 1.82. The molecule has 1 aromatic rings. The molecule has 0 radical (unpaired) electrons. The first-order chi connectivity index (χ1) is 9.15. The molecule has 0 bridgehead atoms. The van der Waals surface area contributed by atoms with Crippen LogP contribution in [0.5, 0.6) is 5.75 Å². The lowest BCUT2D eigenvalue weighted by Crippen LogP contribution is -2.34. The molecule has 1 aliphatic heterocycles. The fraction of sp³-hybridized carbons (Fsp3) is 0.500. The Morgan fingerprint density at radius 2 is 2.16 bits per heavy atom. The number of rotatable bonds is 3. The Bertz CT molecular complexity index is 458. The first kappa shape index (κ1) is 13.5. The van der Waals surface area contributed by atoms with Crippen molar-refractivity contribution in [1.82, 2.24) is 4.90 Å². The van der Waals surface area contributed by atoms with Crippen LogP contribution in [0.15, 0.2) is 18.2 Å². The van der Waals surface area contributed by atoms with Crippen LogP contribution < -0.4 is 15.0 Å². The van der Waals surface area contributed by atoms with E-state index in [1.54, 1.807) is 4.90 Å². The van der Waals surface area contributed by atoms with Gasteiger partial charge >= 0.3 is 6.03 Å². The molecule has 0 spiro atoms. The maximum Gasteiger partial charge on any atom is 0.321 e. The number of ether oxygens (including phenoxy) is 1. The number of anilines is 2. The topological polar surface area (TPSA) is 44.8 Å². The van der Waals surface area contributed by atoms with E-state index >= 15 is 0 Å². The van der Waals surface area contributed by atoms with Crippen molar-refractivity contribution < 1.29 is 9.53 Å². The summed E-state index contributed by atoms with van der Waals surface area (Å²) in [5.74, 6) is 0.870. The van der Waals surface area contributed by atoms with E-state index in [-0.39, 0.29) is 6.03 Å². The molecule has 0 aliphatic carbocycles. The number of hydrogen-bond donors (Lipinski definition) is 1. The van der Waals surface area contributed by atoms with E-state index < -0.39 is 0 Å². The second-order valence-corrected chi connectivity index (χ2v) is 4.55. The molecule has 1 aromatic carbocycles. The number of fused-ring (bicyclic) bond motifs is 1. The normalized spacial score (nSPS) is 13.5. The quantitative estimate of drug-likeness (QED) is 0.910. The van der Waals surface area contributed by atoms with Gasteiger partial charge in [0.05, 0.1) is 12.2 Å². The van der Waals surface area contributed by atoms with E-state index in [4.69, 9.17) is 4.74 Å². The summed E-state index contributed by atoms with van der Waals surface area (Å²) in [6.45, 7) is 6.91. The van der Waals surface area contributed by atoms with Crippen molar-refractivity contribution in [2.45, 2.75) is 13.8 Å². The van der Waals surface area contributed by atoms with Gasteiger partial charge in [0.1, 0.15) is 12.4 Å². The second kappa shape index (κ2) is 5.82. The van der Waals surface area contributed by atoms with Gasteiger partial charge < -0.3 is 19.9 Å². The molecular formula is C14H21N3O2. The lowest BCUT2D eigenvalue weighted by Gasteiger charge is -2.28. The van der Waals surface area contributed by atoms with Crippen molar-refractivity contribution in [3.8, 4) is 5.75 Å². The van der Waals surface area contributed by atoms with Gasteiger partial charge in [-0.2, -0.15) is 0 Å². The Morgan fingerprint density at radius 1 is 1.42 bits per heavy atom. The van der Waals surface area contributed by atoms with Crippen molar-refractivity contribution in [3.05, 3.63) is 18.2 Å². The lowest BCUT2D eigenvalue weighted by atomic mass is 10.2. The molecule has 0 saturated heterocycles. The number of carbonyl (C=O) groups is 1. The zero-order valence-electron chi connectivity index (χ0n) is 11.8. The average molecular weight is 263 g/mol. The standard InChI is InChI=1S/C14H21N3O2/c1-4-17(5-2)14(18)15-11-6-7-13-12(10-11)16(3)8-9-19-13/h6-7,10H,4-5,8-9H2,1-3H3,(H,15,18). The average Bonchev–Trinajstić information content (AvgIpc) is 2.41. The number of carbonyl (C=O) groups excluding carboxylic acids is 1. The van der Waals surface area contributed by atoms with Crippen molar-refractivity contribution in [2.24, 2.45) is 0 Å². The number of nitrogens with zero attached hydrogens (tertiary/aromatic N) is 2. The summed E-state index contributed by atoms with van der Waals surface area (Å²) in [5, 5.41) is 2.92. The van der Waals surface area contributed by atoms with Gasteiger partial charge in [0.15, 0.2) is 0 Å². The van der Waals surface area contributed by atoms with Gasteiger partial charge in [0.25, 0.3) is 0 Å². The summed E-state index contributed by atoms with van der Waals surface area (Å²) in [7, 11) is 2.03. The first-order valence-electron chi connectivity index (χ1n) is 6.69. The number of hydrogen-bond acceptors (Lipinski definition) is 3. The molecule has 2 rings (SSSR count). The van der Waals surface area contributed by atoms with Crippen molar-refractivity contribution in [3.63, 3.8) is 0 Å². The third kappa shape index (κ3) is 2.92. The fourth-order valence-electron chi connectivity index (χ4n) is 2.14. The van der Waals surface area contributed by atoms with Crippen LogP contribution in [0.4, 0.5) is 16.2 Å². The Morgan fingerprint density at radius 3 is 2.84 bits per heavy atom. The smallest absolute Gasteiger partial charge is 0.321 e. The van der Waals surface area contributed by atoms with Gasteiger partial charge in [-0.05, 0) is 32.0 Å². The van der Waals surface area contributed by atoms with Crippen LogP contribution in [0.25, 0.3) is 0 Å². The van der Waals surface area contributed by atoms with E-state index in [0.29, 0.717) is 19.7 Å². The summed E-state index contributed by atoms with van der Waals surface area (Å²) in [6, 6.07) is 5.67. The van der Waals surface area contributed by atoms with Crippen LogP contribution in [0.1, 0.15) is 13.8 Å². The Labute approximate surface area is 114 Å². The van der Waals surface area contributed by atoms with Gasteiger partial charge in [0.2, 0.25) is 0 Å². The molecule has 0 aromatic heterocycles. The minimum Gasteiger partial charge on any atom is -0.490 e. The second-order valence-electron chi connectivity index (χ2n) is 4.55. The van der Waals surface area contributed by atoms with E-state index in [0.717, 1.165) is 23.7 Å². The molecule has 0 atom stereocenters. The monoisotopic (exact) mass is 263 g/mol. The molecule has 0 fully saturated rings. The Balaban J connectivity index is 2.14. The molecule has 104 valence electrons. The minimum atomic E-state index is -0.0654. The molecule has 5 heteroatoms. The van der Waals surface area contributed by atoms with E-state index in [2.05, 4.69) is 10.2 Å². The van der Waals surface area contributed by atoms with Crippen molar-refractivity contribution in [2.75, 3.05) is 43.5 Å². The third-order valence-corrected chi connectivity index (χ3v) is 3.36. The minimum absolute atomic E-state index is 0.0654. The molecule has 1 N–H and O–H groups in total. The van der Waals surface area contributed by atoms with Gasteiger partial charge in [-0.1, -0.05) is 0 Å². The van der Waals surface area contributed by atoms with E-state index in [1.807, 2.05) is 39.1 Å². The molecule has 1 aliphatic rings. The van der Waals surface area contributed by atoms with E-state index in [1.165, 1.54) is 0 Å². The summed E-state index contributed by atoms with van der Waals surface area (Å²) < 4.78 is 5.58. The number of amides is 2. The van der Waals surface area contributed by atoms with Crippen molar-refractivity contribution in [1.29, 1.82) is 0 Å². The molecule has 2 amide bonds. The zero-order chi connectivity index (χ0) is 13.8. The first-order valence-corrected chi connectivity index (χ1v) is 6.69. The highest BCUT2D eigenvalue weighted by atomic mass is 16.5. The van der Waals surface area contributed by atoms with Crippen LogP contribution in [0.2, 0.25) is 0 Å². The number of nitrogens with one attached hydrogen (secondary N) is 1. The van der Waals surface area contributed by atoms with Crippen LogP contribution >= 0.6 is 0 Å². The highest BCUT2D eigenvalue weighted by Gasteiger charge is 2.16. The maximum atomic E-state index is 12.0. The van der Waals surface area contributed by atoms with Crippen LogP contribution in [-0.4, -0.2) is 44.2 Å². The van der Waals surface area contributed by atoms with Gasteiger partial charge in [-0.3, -0.25) is 0 Å². The van der Waals surface area contributed by atoms with E-state index in [9.17, 15) is 4.79 Å². The summed E-state index contributed by atoms with van der Waals surface area (Å²) in [6.07, 6.45) is 0. The Kier molecular flexibility index (Phi) is 4.14. The number of benzene rings is 1. The van der Waals surface area contributed by atoms with Crippen LogP contribution in [0.3, 0.4) is 0 Å². The highest BCUT2D eigenvalue weighted by molar-refractivity contribution is 5.90. The van der Waals surface area contributed by atoms with Gasteiger partial charge in [-0.25, -0.2) is 4.79 Å². The van der Waals surface area contributed by atoms with Crippen molar-refractivity contribution >= 4 is 17.4 Å². The van der Waals surface area contributed by atoms with Gasteiger partial charge in [-0.15, -0.1) is 0 Å². The largest absolute Gasteiger partial charge is 0.490 e. The maximum absolute atomic E-state index is 12.0. The lowest BCUT2D eigenvalue weighted by molar-refractivity contribution is 0.217. The summed E-state index contributed by atoms with van der Waals surface area (Å²) >= 11 is 0. The Hall–Kier alpha value is -1.91. The third-order valence-electron chi connectivity index (χ3n) is 3.36. The molecule has 1 heterocycles. The van der Waals surface area contributed by atoms with Crippen LogP contribution in [-0.2, 0) is 0 Å². The molecule has 0 unspecified atom stereocenters. The molecule has 5 nitrogen and oxygen atoms in total. The van der Waals surface area contributed by atoms with Crippen LogP contribution in [0, 0.1) is 0 Å². The predicted molar refractivity (Wildman–Crippen MR) is 77.1 cm³/mol. The highest BCUT2D eigenvalue weighted by Crippen LogP contribution is 2.33. The number of urea groups is 1.